The van der Waals surface area contributed by atoms with Crippen molar-refractivity contribution in [3.05, 3.63) is 0 Å². The maximum absolute atomic E-state index is 12.9. The highest BCUT2D eigenvalue weighted by Crippen LogP contribution is 2.45. The summed E-state index contributed by atoms with van der Waals surface area (Å²) in [5.74, 6) is 2.63. The number of methoxy groups -OCH3 is 1. The lowest BCUT2D eigenvalue weighted by molar-refractivity contribution is -0.146. The van der Waals surface area contributed by atoms with Crippen molar-refractivity contribution in [2.75, 3.05) is 26.7 Å². The van der Waals surface area contributed by atoms with Gasteiger partial charge >= 0.3 is 5.97 Å². The molecule has 1 N–H and O–H groups in total. The Morgan fingerprint density at radius 3 is 2.17 bits per heavy atom. The summed E-state index contributed by atoms with van der Waals surface area (Å²) in [7, 11) is 1.47. The summed E-state index contributed by atoms with van der Waals surface area (Å²) >= 11 is 0. The van der Waals surface area contributed by atoms with Crippen molar-refractivity contribution in [2.24, 2.45) is 29.6 Å². The molecule has 5 nitrogen and oxygen atoms in total. The molecule has 0 spiro atoms. The molecule has 3 saturated carbocycles. The first-order valence-electron chi connectivity index (χ1n) is 12.2. The van der Waals surface area contributed by atoms with Crippen LogP contribution in [0.5, 0.6) is 0 Å². The number of nitrogens with one attached hydrogen (secondary N) is 1. The van der Waals surface area contributed by atoms with E-state index in [9.17, 15) is 9.59 Å². The number of carbonyl (C=O) groups excluding carboxylic acids is 2. The Labute approximate surface area is 183 Å². The van der Waals surface area contributed by atoms with Crippen LogP contribution in [0.2, 0.25) is 0 Å². The van der Waals surface area contributed by atoms with Crippen molar-refractivity contribution in [1.29, 1.82) is 0 Å². The Morgan fingerprint density at radius 1 is 0.867 bits per heavy atom. The zero-order valence-electron chi connectivity index (χ0n) is 18.2. The van der Waals surface area contributed by atoms with Gasteiger partial charge in [0, 0.05) is 6.04 Å². The summed E-state index contributed by atoms with van der Waals surface area (Å²) in [5.41, 5.74) is 0. The number of esters is 1. The second-order valence-electron chi connectivity index (χ2n) is 10.2. The Morgan fingerprint density at radius 2 is 1.47 bits per heavy atom. The number of likely N-dealkylation sites (tertiary alicyclic amines) is 1. The number of ether oxygens (including phenoxy) is 1. The first kappa shape index (κ1) is 23.6. The molecule has 172 valence electrons. The van der Waals surface area contributed by atoms with E-state index in [0.29, 0.717) is 18.4 Å². The summed E-state index contributed by atoms with van der Waals surface area (Å²) in [6.07, 6.45) is 15.3. The summed E-state index contributed by atoms with van der Waals surface area (Å²) in [6, 6.07) is -0.0278. The fourth-order valence-corrected chi connectivity index (χ4v) is 7.00. The summed E-state index contributed by atoms with van der Waals surface area (Å²) in [5, 5.41) is 3.28. The molecule has 0 aromatic carbocycles. The monoisotopic (exact) mass is 420 g/mol. The zero-order valence-corrected chi connectivity index (χ0v) is 18.2. The Bertz CT molecular complexity index is 567. The quantitative estimate of drug-likeness (QED) is 0.670. The third kappa shape index (κ3) is 5.38. The van der Waals surface area contributed by atoms with E-state index in [1.54, 1.807) is 0 Å². The minimum absolute atomic E-state index is 0. The zero-order chi connectivity index (χ0) is 20.2. The highest BCUT2D eigenvalue weighted by molar-refractivity contribution is 5.80. The molecule has 5 heteroatoms. The minimum Gasteiger partial charge on any atom is -0.469 e. The van der Waals surface area contributed by atoms with E-state index in [0.717, 1.165) is 37.8 Å². The largest absolute Gasteiger partial charge is 0.469 e. The SMILES string of the molecule is C.COC(=O)C1CC2CCCCC2C1NC(=O)CN1CCC(C2CCCCC2)CC1. The summed E-state index contributed by atoms with van der Waals surface area (Å²) in [6.45, 7) is 2.58. The maximum Gasteiger partial charge on any atom is 0.310 e. The van der Waals surface area contributed by atoms with Crippen LogP contribution < -0.4 is 5.32 Å². The second kappa shape index (κ2) is 11.0. The van der Waals surface area contributed by atoms with Crippen LogP contribution in [-0.4, -0.2) is 49.6 Å². The Balaban J connectivity index is 0.00000256. The van der Waals surface area contributed by atoms with Crippen molar-refractivity contribution in [3.8, 4) is 0 Å². The molecule has 1 saturated heterocycles. The molecule has 30 heavy (non-hydrogen) atoms. The van der Waals surface area contributed by atoms with Gasteiger partial charge in [0.2, 0.25) is 5.91 Å². The summed E-state index contributed by atoms with van der Waals surface area (Å²) < 4.78 is 5.07. The topological polar surface area (TPSA) is 58.6 Å². The molecule has 4 fully saturated rings. The smallest absolute Gasteiger partial charge is 0.310 e. The van der Waals surface area contributed by atoms with Gasteiger partial charge in [0.1, 0.15) is 0 Å². The highest BCUT2D eigenvalue weighted by atomic mass is 16.5. The molecule has 0 aromatic rings. The van der Waals surface area contributed by atoms with Gasteiger partial charge in [-0.15, -0.1) is 0 Å². The average molecular weight is 421 g/mol. The molecule has 0 radical (unpaired) electrons. The van der Waals surface area contributed by atoms with Crippen molar-refractivity contribution in [2.45, 2.75) is 90.5 Å². The van der Waals surface area contributed by atoms with Crippen LogP contribution in [0.1, 0.15) is 84.5 Å². The van der Waals surface area contributed by atoms with Gasteiger partial charge in [0.05, 0.1) is 19.6 Å². The molecular formula is C25H44N2O3. The van der Waals surface area contributed by atoms with Gasteiger partial charge in [0.25, 0.3) is 0 Å². The van der Waals surface area contributed by atoms with Gasteiger partial charge in [-0.3, -0.25) is 14.5 Å². The van der Waals surface area contributed by atoms with Crippen LogP contribution in [0.15, 0.2) is 0 Å². The number of piperidine rings is 1. The van der Waals surface area contributed by atoms with Crippen molar-refractivity contribution >= 4 is 11.9 Å². The third-order valence-electron chi connectivity index (χ3n) is 8.57. The molecule has 0 aromatic heterocycles. The summed E-state index contributed by atoms with van der Waals surface area (Å²) in [4.78, 5) is 27.5. The first-order chi connectivity index (χ1) is 14.2. The number of rotatable bonds is 5. The maximum atomic E-state index is 12.9. The number of carbonyl (C=O) groups is 2. The molecule has 4 atom stereocenters. The fraction of sp³-hybridized carbons (Fsp3) is 0.920. The second-order valence-corrected chi connectivity index (χ2v) is 10.2. The third-order valence-corrected chi connectivity index (χ3v) is 8.57. The number of hydrogen-bond acceptors (Lipinski definition) is 4. The predicted octanol–water partition coefficient (Wildman–Crippen LogP) is 4.40. The lowest BCUT2D eigenvalue weighted by Crippen LogP contribution is -2.49. The molecule has 4 unspecified atom stereocenters. The number of fused-ring (bicyclic) bond motifs is 1. The molecule has 3 aliphatic carbocycles. The van der Waals surface area contributed by atoms with E-state index in [-0.39, 0.29) is 31.3 Å². The van der Waals surface area contributed by atoms with Gasteiger partial charge in [-0.1, -0.05) is 58.8 Å². The number of nitrogens with zero attached hydrogens (tertiary/aromatic N) is 1. The molecule has 4 aliphatic rings. The molecule has 1 amide bonds. The number of hydrogen-bond donors (Lipinski definition) is 1. The van der Waals surface area contributed by atoms with Crippen LogP contribution in [0.3, 0.4) is 0 Å². The van der Waals surface area contributed by atoms with Crippen LogP contribution in [0, 0.1) is 29.6 Å². The van der Waals surface area contributed by atoms with E-state index in [4.69, 9.17) is 4.74 Å². The van der Waals surface area contributed by atoms with E-state index in [1.165, 1.54) is 71.3 Å². The fourth-order valence-electron chi connectivity index (χ4n) is 7.00. The average Bonchev–Trinajstić information content (AvgIpc) is 3.12. The number of amides is 1. The molecule has 0 bridgehead atoms. The molecule has 4 rings (SSSR count). The van der Waals surface area contributed by atoms with Crippen LogP contribution in [-0.2, 0) is 14.3 Å². The van der Waals surface area contributed by atoms with Crippen LogP contribution >= 0.6 is 0 Å². The normalized spacial score (nSPS) is 33.4. The van der Waals surface area contributed by atoms with E-state index < -0.39 is 0 Å². The van der Waals surface area contributed by atoms with Crippen molar-refractivity contribution < 1.29 is 14.3 Å². The molecular weight excluding hydrogens is 376 g/mol. The van der Waals surface area contributed by atoms with Crippen molar-refractivity contribution in [3.63, 3.8) is 0 Å². The van der Waals surface area contributed by atoms with E-state index in [1.807, 2.05) is 0 Å². The standard InChI is InChI=1S/C24H40N2O3.CH4/c1-29-24(28)21-15-19-9-5-6-10-20(19)23(21)25-22(27)16-26-13-11-18(12-14-26)17-7-3-2-4-8-17;/h17-21,23H,2-16H2,1H3,(H,25,27);1H4. The van der Waals surface area contributed by atoms with Gasteiger partial charge in [-0.25, -0.2) is 0 Å². The lowest BCUT2D eigenvalue weighted by Gasteiger charge is -2.37. The van der Waals surface area contributed by atoms with Gasteiger partial charge in [-0.2, -0.15) is 0 Å². The van der Waals surface area contributed by atoms with Gasteiger partial charge in [-0.05, 0) is 62.4 Å². The predicted molar refractivity (Wildman–Crippen MR) is 120 cm³/mol. The van der Waals surface area contributed by atoms with Crippen LogP contribution in [0.4, 0.5) is 0 Å². The Kier molecular flexibility index (Phi) is 8.62. The van der Waals surface area contributed by atoms with E-state index in [2.05, 4.69) is 10.2 Å². The van der Waals surface area contributed by atoms with Gasteiger partial charge in [0.15, 0.2) is 0 Å². The first-order valence-corrected chi connectivity index (χ1v) is 12.2. The molecule has 1 aliphatic heterocycles. The minimum atomic E-state index is -0.158. The lowest BCUT2D eigenvalue weighted by atomic mass is 9.76. The van der Waals surface area contributed by atoms with Crippen LogP contribution in [0.25, 0.3) is 0 Å². The Hall–Kier alpha value is -1.10. The molecule has 1 heterocycles. The highest BCUT2D eigenvalue weighted by Gasteiger charge is 2.48. The van der Waals surface area contributed by atoms with Crippen molar-refractivity contribution in [1.82, 2.24) is 10.2 Å². The van der Waals surface area contributed by atoms with Gasteiger partial charge < -0.3 is 10.1 Å². The van der Waals surface area contributed by atoms with E-state index >= 15 is 0 Å².